The average molecular weight is 344 g/mol. The molecule has 1 amide bonds. The first-order valence-electron chi connectivity index (χ1n) is 9.13. The minimum absolute atomic E-state index is 0.00935. The van der Waals surface area contributed by atoms with Gasteiger partial charge in [0.15, 0.2) is 0 Å². The van der Waals surface area contributed by atoms with E-state index in [-0.39, 0.29) is 17.6 Å². The zero-order chi connectivity index (χ0) is 17.6. The van der Waals surface area contributed by atoms with Crippen molar-refractivity contribution in [2.24, 2.45) is 0 Å². The highest BCUT2D eigenvalue weighted by Gasteiger charge is 2.37. The normalized spacial score (nSPS) is 26.4. The van der Waals surface area contributed by atoms with Gasteiger partial charge in [0.2, 0.25) is 0 Å². The molecule has 1 aliphatic carbocycles. The van der Waals surface area contributed by atoms with Crippen LogP contribution >= 0.6 is 0 Å². The van der Waals surface area contributed by atoms with Crippen LogP contribution in [0.5, 0.6) is 0 Å². The highest BCUT2D eigenvalue weighted by atomic mass is 16.6. The number of anilines is 1. The Bertz CT molecular complexity index is 704. The van der Waals surface area contributed by atoms with Gasteiger partial charge in [-0.05, 0) is 51.3 Å². The predicted octanol–water partition coefficient (Wildman–Crippen LogP) is 2.48. The number of fused-ring (bicyclic) bond motifs is 1. The number of nitrogens with one attached hydrogen (secondary N) is 1. The Morgan fingerprint density at radius 1 is 1.28 bits per heavy atom. The number of nitrogens with zero attached hydrogens (tertiary/aromatic N) is 3. The van der Waals surface area contributed by atoms with Gasteiger partial charge in [0.25, 0.3) is 11.6 Å². The summed E-state index contributed by atoms with van der Waals surface area (Å²) in [5, 5.41) is 14.6. The first kappa shape index (κ1) is 16.3. The van der Waals surface area contributed by atoms with Crippen molar-refractivity contribution >= 4 is 17.3 Å². The molecule has 0 unspecified atom stereocenters. The standard InChI is InChI=1S/C18H24N4O3/c1-12-10-20-8-2-3-15(20)11-21(12)18(23)13-4-7-16(19-14-5-6-14)17(9-13)22(24)25/h4,7,9,12,14-15,19H,2-3,5-6,8,10-11H2,1H3/t12-,15-/m0/s1. The summed E-state index contributed by atoms with van der Waals surface area (Å²) in [6.07, 6.45) is 4.40. The molecular weight excluding hydrogens is 320 g/mol. The van der Waals surface area contributed by atoms with Gasteiger partial charge in [0.1, 0.15) is 5.69 Å². The summed E-state index contributed by atoms with van der Waals surface area (Å²) in [6, 6.07) is 5.72. The second-order valence-corrected chi connectivity index (χ2v) is 7.51. The van der Waals surface area contributed by atoms with Crippen molar-refractivity contribution in [3.05, 3.63) is 33.9 Å². The van der Waals surface area contributed by atoms with Crippen LogP contribution in [0.15, 0.2) is 18.2 Å². The van der Waals surface area contributed by atoms with E-state index in [9.17, 15) is 14.9 Å². The predicted molar refractivity (Wildman–Crippen MR) is 94.8 cm³/mol. The number of carbonyl (C=O) groups excluding carboxylic acids is 1. The smallest absolute Gasteiger partial charge is 0.293 e. The number of rotatable bonds is 4. The number of piperazine rings is 1. The minimum Gasteiger partial charge on any atom is -0.377 e. The molecule has 2 atom stereocenters. The second-order valence-electron chi connectivity index (χ2n) is 7.51. The van der Waals surface area contributed by atoms with Crippen LogP contribution in [0.1, 0.15) is 43.0 Å². The van der Waals surface area contributed by atoms with Crippen molar-refractivity contribution in [1.82, 2.24) is 9.80 Å². The molecule has 7 nitrogen and oxygen atoms in total. The largest absolute Gasteiger partial charge is 0.377 e. The van der Waals surface area contributed by atoms with E-state index in [0.29, 0.717) is 23.3 Å². The Hall–Kier alpha value is -2.15. The molecule has 134 valence electrons. The van der Waals surface area contributed by atoms with Crippen molar-refractivity contribution in [3.63, 3.8) is 0 Å². The van der Waals surface area contributed by atoms with E-state index < -0.39 is 4.92 Å². The lowest BCUT2D eigenvalue weighted by Gasteiger charge is -2.42. The monoisotopic (exact) mass is 344 g/mol. The molecule has 4 rings (SSSR count). The van der Waals surface area contributed by atoms with Crippen LogP contribution < -0.4 is 5.32 Å². The fourth-order valence-corrected chi connectivity index (χ4v) is 4.02. The van der Waals surface area contributed by atoms with Crippen molar-refractivity contribution in [3.8, 4) is 0 Å². The third-order valence-corrected chi connectivity index (χ3v) is 5.58. The van der Waals surface area contributed by atoms with Gasteiger partial charge >= 0.3 is 0 Å². The Morgan fingerprint density at radius 2 is 2.08 bits per heavy atom. The molecule has 1 N–H and O–H groups in total. The van der Waals surface area contributed by atoms with Crippen LogP contribution in [0.25, 0.3) is 0 Å². The highest BCUT2D eigenvalue weighted by molar-refractivity contribution is 5.96. The Kier molecular flexibility index (Phi) is 4.11. The maximum Gasteiger partial charge on any atom is 0.293 e. The molecule has 1 saturated carbocycles. The van der Waals surface area contributed by atoms with E-state index in [0.717, 1.165) is 38.9 Å². The number of benzene rings is 1. The van der Waals surface area contributed by atoms with Gasteiger partial charge in [0, 0.05) is 42.8 Å². The molecular formula is C18H24N4O3. The molecule has 3 aliphatic rings. The summed E-state index contributed by atoms with van der Waals surface area (Å²) in [6.45, 7) is 4.78. The zero-order valence-corrected chi connectivity index (χ0v) is 14.5. The summed E-state index contributed by atoms with van der Waals surface area (Å²) in [7, 11) is 0. The maximum absolute atomic E-state index is 13.0. The Balaban J connectivity index is 1.56. The van der Waals surface area contributed by atoms with Gasteiger partial charge in [-0.2, -0.15) is 0 Å². The Labute approximate surface area is 147 Å². The van der Waals surface area contributed by atoms with Gasteiger partial charge in [-0.1, -0.05) is 0 Å². The quantitative estimate of drug-likeness (QED) is 0.670. The third-order valence-electron chi connectivity index (χ3n) is 5.58. The first-order valence-corrected chi connectivity index (χ1v) is 9.13. The average Bonchev–Trinajstić information content (AvgIpc) is 3.29. The summed E-state index contributed by atoms with van der Waals surface area (Å²) < 4.78 is 0. The topological polar surface area (TPSA) is 78.7 Å². The summed E-state index contributed by atoms with van der Waals surface area (Å²) in [5.41, 5.74) is 0.911. The van der Waals surface area contributed by atoms with Crippen molar-refractivity contribution in [2.75, 3.05) is 25.0 Å². The van der Waals surface area contributed by atoms with Gasteiger partial charge in [-0.15, -0.1) is 0 Å². The molecule has 0 aromatic heterocycles. The zero-order valence-electron chi connectivity index (χ0n) is 14.5. The number of nitro groups is 1. The van der Waals surface area contributed by atoms with E-state index in [2.05, 4.69) is 17.1 Å². The molecule has 2 heterocycles. The lowest BCUT2D eigenvalue weighted by molar-refractivity contribution is -0.384. The van der Waals surface area contributed by atoms with Crippen LogP contribution in [0.4, 0.5) is 11.4 Å². The lowest BCUT2D eigenvalue weighted by atomic mass is 10.1. The minimum atomic E-state index is -0.403. The van der Waals surface area contributed by atoms with Crippen LogP contribution in [0.3, 0.4) is 0 Å². The van der Waals surface area contributed by atoms with Gasteiger partial charge in [-0.25, -0.2) is 0 Å². The van der Waals surface area contributed by atoms with Crippen molar-refractivity contribution < 1.29 is 9.72 Å². The number of hydrogen-bond donors (Lipinski definition) is 1. The molecule has 3 fully saturated rings. The number of amides is 1. The number of carbonyl (C=O) groups is 1. The molecule has 2 aliphatic heterocycles. The van der Waals surface area contributed by atoms with Crippen LogP contribution in [0, 0.1) is 10.1 Å². The van der Waals surface area contributed by atoms with E-state index in [1.807, 2.05) is 4.90 Å². The summed E-state index contributed by atoms with van der Waals surface area (Å²) >= 11 is 0. The molecule has 25 heavy (non-hydrogen) atoms. The molecule has 7 heteroatoms. The van der Waals surface area contributed by atoms with Gasteiger partial charge in [-0.3, -0.25) is 19.8 Å². The molecule has 1 aromatic rings. The van der Waals surface area contributed by atoms with Crippen molar-refractivity contribution in [1.29, 1.82) is 0 Å². The van der Waals surface area contributed by atoms with E-state index in [4.69, 9.17) is 0 Å². The fourth-order valence-electron chi connectivity index (χ4n) is 4.02. The fraction of sp³-hybridized carbons (Fsp3) is 0.611. The Morgan fingerprint density at radius 3 is 2.80 bits per heavy atom. The highest BCUT2D eigenvalue weighted by Crippen LogP contribution is 2.32. The van der Waals surface area contributed by atoms with Crippen LogP contribution in [-0.4, -0.2) is 58.4 Å². The van der Waals surface area contributed by atoms with E-state index in [1.165, 1.54) is 12.5 Å². The van der Waals surface area contributed by atoms with Crippen molar-refractivity contribution in [2.45, 2.75) is 50.7 Å². The summed E-state index contributed by atoms with van der Waals surface area (Å²) in [5.74, 6) is -0.0971. The van der Waals surface area contributed by atoms with Crippen LogP contribution in [0.2, 0.25) is 0 Å². The molecule has 0 radical (unpaired) electrons. The third kappa shape index (κ3) is 3.20. The maximum atomic E-state index is 13.0. The molecule has 1 aromatic carbocycles. The van der Waals surface area contributed by atoms with E-state index in [1.54, 1.807) is 12.1 Å². The first-order chi connectivity index (χ1) is 12.0. The molecule has 0 bridgehead atoms. The van der Waals surface area contributed by atoms with Crippen LogP contribution in [-0.2, 0) is 0 Å². The molecule has 0 spiro atoms. The second kappa shape index (κ2) is 6.29. The SMILES string of the molecule is C[C@H]1CN2CCC[C@H]2CN1C(=O)c1ccc(NC2CC2)c([N+](=O)[O-])c1. The van der Waals surface area contributed by atoms with Gasteiger partial charge < -0.3 is 10.2 Å². The lowest BCUT2D eigenvalue weighted by Crippen LogP contribution is -2.56. The summed E-state index contributed by atoms with van der Waals surface area (Å²) in [4.78, 5) is 28.3. The molecule has 2 saturated heterocycles. The number of hydrogen-bond acceptors (Lipinski definition) is 5. The van der Waals surface area contributed by atoms with E-state index >= 15 is 0 Å². The number of nitro benzene ring substituents is 1. The van der Waals surface area contributed by atoms with Gasteiger partial charge in [0.05, 0.1) is 4.92 Å².